The van der Waals surface area contributed by atoms with Gasteiger partial charge in [-0.05, 0) is 48.2 Å². The zero-order valence-corrected chi connectivity index (χ0v) is 16.7. The summed E-state index contributed by atoms with van der Waals surface area (Å²) in [5, 5.41) is 2.94. The summed E-state index contributed by atoms with van der Waals surface area (Å²) >= 11 is 0. The van der Waals surface area contributed by atoms with Gasteiger partial charge in [-0.3, -0.25) is 4.79 Å². The average Bonchev–Trinajstić information content (AvgIpc) is 2.77. The van der Waals surface area contributed by atoms with Gasteiger partial charge in [0.05, 0.1) is 7.11 Å². The molecule has 1 aliphatic rings. The Labute approximate surface area is 170 Å². The van der Waals surface area contributed by atoms with Crippen LogP contribution < -0.4 is 15.0 Å². The second kappa shape index (κ2) is 8.31. The Morgan fingerprint density at radius 1 is 1.10 bits per heavy atom. The van der Waals surface area contributed by atoms with Crippen LogP contribution in [0.15, 0.2) is 54.6 Å². The molecule has 0 atom stereocenters. The van der Waals surface area contributed by atoms with Gasteiger partial charge in [0, 0.05) is 25.3 Å². The van der Waals surface area contributed by atoms with E-state index in [9.17, 15) is 4.79 Å². The minimum absolute atomic E-state index is 0.204. The van der Waals surface area contributed by atoms with Gasteiger partial charge in [-0.2, -0.15) is 0 Å². The summed E-state index contributed by atoms with van der Waals surface area (Å²) in [6.45, 7) is 3.92. The fraction of sp³-hybridized carbons (Fsp3) is 0.261. The van der Waals surface area contributed by atoms with Crippen molar-refractivity contribution in [2.24, 2.45) is 0 Å². The number of aromatic nitrogens is 2. The number of fused-ring (bicyclic) bond motifs is 1. The van der Waals surface area contributed by atoms with Gasteiger partial charge in [0.25, 0.3) is 5.91 Å². The van der Waals surface area contributed by atoms with E-state index in [4.69, 9.17) is 4.74 Å². The Bertz CT molecular complexity index is 1020. The summed E-state index contributed by atoms with van der Waals surface area (Å²) in [5.74, 6) is 1.19. The van der Waals surface area contributed by atoms with E-state index in [0.29, 0.717) is 18.2 Å². The summed E-state index contributed by atoms with van der Waals surface area (Å²) < 4.78 is 5.16. The predicted molar refractivity (Wildman–Crippen MR) is 112 cm³/mol. The van der Waals surface area contributed by atoms with Crippen LogP contribution in [-0.4, -0.2) is 29.5 Å². The number of carbonyl (C=O) groups excluding carboxylic acids is 1. The lowest BCUT2D eigenvalue weighted by Crippen LogP contribution is -2.33. The van der Waals surface area contributed by atoms with E-state index in [0.717, 1.165) is 36.5 Å². The topological polar surface area (TPSA) is 67.3 Å². The Morgan fingerprint density at radius 3 is 2.62 bits per heavy atom. The molecule has 2 heterocycles. The number of ether oxygens (including phenoxy) is 1. The number of hydrogen-bond donors (Lipinski definition) is 1. The molecule has 148 valence electrons. The fourth-order valence-electron chi connectivity index (χ4n) is 3.49. The van der Waals surface area contributed by atoms with E-state index in [-0.39, 0.29) is 5.91 Å². The zero-order valence-electron chi connectivity index (χ0n) is 16.7. The van der Waals surface area contributed by atoms with Crippen molar-refractivity contribution in [2.75, 3.05) is 18.6 Å². The van der Waals surface area contributed by atoms with Crippen LogP contribution in [0.2, 0.25) is 0 Å². The smallest absolute Gasteiger partial charge is 0.270 e. The number of anilines is 1. The largest absolute Gasteiger partial charge is 0.497 e. The highest BCUT2D eigenvalue weighted by Gasteiger charge is 2.20. The average molecular weight is 388 g/mol. The maximum Gasteiger partial charge on any atom is 0.270 e. The zero-order chi connectivity index (χ0) is 20.2. The van der Waals surface area contributed by atoms with Crippen LogP contribution in [0.5, 0.6) is 5.75 Å². The molecule has 1 N–H and O–H groups in total. The van der Waals surface area contributed by atoms with Crippen LogP contribution in [0.1, 0.15) is 32.9 Å². The van der Waals surface area contributed by atoms with Crippen LogP contribution >= 0.6 is 0 Å². The van der Waals surface area contributed by atoms with Crippen molar-refractivity contribution in [3.05, 3.63) is 82.7 Å². The highest BCUT2D eigenvalue weighted by atomic mass is 16.5. The summed E-state index contributed by atoms with van der Waals surface area (Å²) in [6.07, 6.45) is 0.951. The van der Waals surface area contributed by atoms with E-state index in [1.54, 1.807) is 13.2 Å². The number of hydrogen-bond acceptors (Lipinski definition) is 5. The maximum absolute atomic E-state index is 12.7. The third kappa shape index (κ3) is 4.37. The molecule has 0 spiro atoms. The molecular formula is C23H24N4O2. The van der Waals surface area contributed by atoms with E-state index < -0.39 is 0 Å². The molecule has 3 aromatic rings. The molecule has 1 aromatic heterocycles. The van der Waals surface area contributed by atoms with Crippen LogP contribution in [0.4, 0.5) is 5.95 Å². The fourth-order valence-corrected chi connectivity index (χ4v) is 3.49. The van der Waals surface area contributed by atoms with Gasteiger partial charge in [0.15, 0.2) is 0 Å². The Kier molecular flexibility index (Phi) is 5.42. The number of rotatable bonds is 5. The van der Waals surface area contributed by atoms with Crippen LogP contribution in [0.25, 0.3) is 0 Å². The molecule has 6 nitrogen and oxygen atoms in total. The van der Waals surface area contributed by atoms with Gasteiger partial charge >= 0.3 is 0 Å². The standard InChI is InChI=1S/C23H24N4O2/c1-16-13-21(22(28)24-14-17-7-9-20(29-2)10-8-17)26-23(25-16)27-12-11-18-5-3-4-6-19(18)15-27/h3-10,13H,11-12,14-15H2,1-2H3,(H,24,28). The van der Waals surface area contributed by atoms with Gasteiger partial charge in [-0.1, -0.05) is 36.4 Å². The predicted octanol–water partition coefficient (Wildman–Crippen LogP) is 3.29. The van der Waals surface area contributed by atoms with Gasteiger partial charge in [0.1, 0.15) is 11.4 Å². The van der Waals surface area contributed by atoms with Gasteiger partial charge in [-0.25, -0.2) is 9.97 Å². The second-order valence-corrected chi connectivity index (χ2v) is 7.17. The third-order valence-corrected chi connectivity index (χ3v) is 5.10. The van der Waals surface area contributed by atoms with E-state index >= 15 is 0 Å². The summed E-state index contributed by atoms with van der Waals surface area (Å²) in [7, 11) is 1.63. The third-order valence-electron chi connectivity index (χ3n) is 5.10. The number of carbonyl (C=O) groups is 1. The minimum atomic E-state index is -0.204. The Morgan fingerprint density at radius 2 is 1.86 bits per heavy atom. The quantitative estimate of drug-likeness (QED) is 0.727. The molecule has 1 amide bonds. The SMILES string of the molecule is COc1ccc(CNC(=O)c2cc(C)nc(N3CCc4ccccc4C3)n2)cc1. The number of methoxy groups -OCH3 is 1. The normalized spacial score (nSPS) is 13.0. The molecular weight excluding hydrogens is 364 g/mol. The summed E-state index contributed by atoms with van der Waals surface area (Å²) in [4.78, 5) is 23.9. The molecule has 0 saturated carbocycles. The Balaban J connectivity index is 1.47. The molecule has 0 bridgehead atoms. The van der Waals surface area contributed by atoms with Crippen molar-refractivity contribution in [1.29, 1.82) is 0 Å². The molecule has 6 heteroatoms. The van der Waals surface area contributed by atoms with Crippen LogP contribution in [0.3, 0.4) is 0 Å². The lowest BCUT2D eigenvalue weighted by molar-refractivity contribution is 0.0945. The number of nitrogens with one attached hydrogen (secondary N) is 1. The number of benzene rings is 2. The van der Waals surface area contributed by atoms with E-state index in [1.807, 2.05) is 31.2 Å². The van der Waals surface area contributed by atoms with Gasteiger partial charge < -0.3 is 15.0 Å². The minimum Gasteiger partial charge on any atom is -0.497 e. The molecule has 1 aliphatic heterocycles. The summed E-state index contributed by atoms with van der Waals surface area (Å²) in [6, 6.07) is 17.8. The monoisotopic (exact) mass is 388 g/mol. The van der Waals surface area contributed by atoms with Gasteiger partial charge in [0.2, 0.25) is 5.95 Å². The van der Waals surface area contributed by atoms with E-state index in [1.165, 1.54) is 11.1 Å². The Hall–Kier alpha value is -3.41. The van der Waals surface area contributed by atoms with Crippen molar-refractivity contribution < 1.29 is 9.53 Å². The molecule has 0 fully saturated rings. The molecule has 0 aliphatic carbocycles. The number of aryl methyl sites for hydroxylation is 1. The lowest BCUT2D eigenvalue weighted by atomic mass is 10.0. The highest BCUT2D eigenvalue weighted by Crippen LogP contribution is 2.22. The first-order valence-corrected chi connectivity index (χ1v) is 9.71. The molecule has 0 saturated heterocycles. The van der Waals surface area contributed by atoms with E-state index in [2.05, 4.69) is 44.5 Å². The lowest BCUT2D eigenvalue weighted by Gasteiger charge is -2.29. The van der Waals surface area contributed by atoms with Crippen molar-refractivity contribution in [3.8, 4) is 5.75 Å². The van der Waals surface area contributed by atoms with Crippen molar-refractivity contribution >= 4 is 11.9 Å². The van der Waals surface area contributed by atoms with Crippen molar-refractivity contribution in [3.63, 3.8) is 0 Å². The second-order valence-electron chi connectivity index (χ2n) is 7.17. The molecule has 2 aromatic carbocycles. The summed E-state index contributed by atoms with van der Waals surface area (Å²) in [5.41, 5.74) is 4.82. The first kappa shape index (κ1) is 18.9. The first-order chi connectivity index (χ1) is 14.1. The van der Waals surface area contributed by atoms with Crippen LogP contribution in [-0.2, 0) is 19.5 Å². The van der Waals surface area contributed by atoms with Crippen LogP contribution in [0, 0.1) is 6.92 Å². The first-order valence-electron chi connectivity index (χ1n) is 9.71. The van der Waals surface area contributed by atoms with Gasteiger partial charge in [-0.15, -0.1) is 0 Å². The molecule has 0 unspecified atom stereocenters. The maximum atomic E-state index is 12.7. The molecule has 0 radical (unpaired) electrons. The number of nitrogens with zero attached hydrogens (tertiary/aromatic N) is 3. The van der Waals surface area contributed by atoms with Crippen molar-refractivity contribution in [2.45, 2.75) is 26.4 Å². The highest BCUT2D eigenvalue weighted by molar-refractivity contribution is 5.92. The van der Waals surface area contributed by atoms with Crippen molar-refractivity contribution in [1.82, 2.24) is 15.3 Å². The molecule has 4 rings (SSSR count). The molecule has 29 heavy (non-hydrogen) atoms. The number of amides is 1.